The number of rotatable bonds is 2. The Labute approximate surface area is 107 Å². The fraction of sp³-hybridized carbons (Fsp3) is 0.538. The van der Waals surface area contributed by atoms with Gasteiger partial charge in [0.15, 0.2) is 0 Å². The van der Waals surface area contributed by atoms with Crippen molar-refractivity contribution in [3.05, 3.63) is 28.8 Å². The molecule has 0 atom stereocenters. The first-order chi connectivity index (χ1) is 8.02. The van der Waals surface area contributed by atoms with Crippen LogP contribution in [-0.4, -0.2) is 25.3 Å². The second-order valence-electron chi connectivity index (χ2n) is 5.01. The van der Waals surface area contributed by atoms with Gasteiger partial charge in [-0.2, -0.15) is 0 Å². The zero-order valence-electron chi connectivity index (χ0n) is 10.4. The lowest BCUT2D eigenvalue weighted by molar-refractivity contribution is -0.0276. The number of halogens is 1. The Morgan fingerprint density at radius 2 is 2.24 bits per heavy atom. The van der Waals surface area contributed by atoms with Crippen LogP contribution in [-0.2, 0) is 11.3 Å². The van der Waals surface area contributed by atoms with E-state index in [1.54, 1.807) is 0 Å². The van der Waals surface area contributed by atoms with E-state index in [0.717, 1.165) is 36.0 Å². The molecule has 0 radical (unpaired) electrons. The van der Waals surface area contributed by atoms with Crippen LogP contribution in [0.3, 0.4) is 0 Å². The summed E-state index contributed by atoms with van der Waals surface area (Å²) < 4.78 is 5.70. The normalized spacial score (nSPS) is 19.4. The van der Waals surface area contributed by atoms with Crippen molar-refractivity contribution in [1.29, 1.82) is 0 Å². The van der Waals surface area contributed by atoms with Gasteiger partial charge < -0.3 is 15.4 Å². The molecule has 4 heteroatoms. The van der Waals surface area contributed by atoms with E-state index in [1.807, 2.05) is 12.1 Å². The maximum absolute atomic E-state index is 6.18. The fourth-order valence-electron chi connectivity index (χ4n) is 2.14. The van der Waals surface area contributed by atoms with Gasteiger partial charge in [0.2, 0.25) is 0 Å². The summed E-state index contributed by atoms with van der Waals surface area (Å²) in [5.41, 5.74) is 7.64. The van der Waals surface area contributed by atoms with E-state index < -0.39 is 0 Å². The predicted molar refractivity (Wildman–Crippen MR) is 71.6 cm³/mol. The average molecular weight is 255 g/mol. The van der Waals surface area contributed by atoms with Crippen LogP contribution >= 0.6 is 11.6 Å². The first-order valence-corrected chi connectivity index (χ1v) is 6.27. The number of nitrogens with two attached hydrogens (primary N) is 1. The Morgan fingerprint density at radius 1 is 1.47 bits per heavy atom. The SMILES string of the molecule is CC1(C)CN(c2ccc(CN)c(Cl)c2)CCO1. The summed E-state index contributed by atoms with van der Waals surface area (Å²) >= 11 is 6.18. The molecule has 0 spiro atoms. The average Bonchev–Trinajstić information content (AvgIpc) is 2.27. The van der Waals surface area contributed by atoms with Gasteiger partial charge in [-0.3, -0.25) is 0 Å². The molecule has 0 aliphatic carbocycles. The van der Waals surface area contributed by atoms with Crippen LogP contribution in [0.25, 0.3) is 0 Å². The molecule has 0 bridgehead atoms. The Bertz CT molecular complexity index is 406. The van der Waals surface area contributed by atoms with Crippen molar-refractivity contribution in [2.24, 2.45) is 5.73 Å². The highest BCUT2D eigenvalue weighted by atomic mass is 35.5. The van der Waals surface area contributed by atoms with Crippen LogP contribution in [0.1, 0.15) is 19.4 Å². The second-order valence-corrected chi connectivity index (χ2v) is 5.42. The largest absolute Gasteiger partial charge is 0.372 e. The Kier molecular flexibility index (Phi) is 3.61. The lowest BCUT2D eigenvalue weighted by atomic mass is 10.1. The summed E-state index contributed by atoms with van der Waals surface area (Å²) in [5, 5.41) is 0.745. The summed E-state index contributed by atoms with van der Waals surface area (Å²) in [7, 11) is 0. The molecule has 1 aromatic carbocycles. The van der Waals surface area contributed by atoms with Crippen LogP contribution in [0.15, 0.2) is 18.2 Å². The standard InChI is InChI=1S/C13H19ClN2O/c1-13(2)9-16(5-6-17-13)11-4-3-10(8-15)12(14)7-11/h3-4,7H,5-6,8-9,15H2,1-2H3. The van der Waals surface area contributed by atoms with Crippen molar-refractivity contribution in [3.63, 3.8) is 0 Å². The summed E-state index contributed by atoms with van der Waals surface area (Å²) in [5.74, 6) is 0. The highest BCUT2D eigenvalue weighted by molar-refractivity contribution is 6.31. The van der Waals surface area contributed by atoms with E-state index in [0.29, 0.717) is 6.54 Å². The summed E-state index contributed by atoms with van der Waals surface area (Å²) in [6, 6.07) is 6.07. The lowest BCUT2D eigenvalue weighted by Gasteiger charge is -2.39. The zero-order chi connectivity index (χ0) is 12.5. The molecule has 1 aromatic rings. The number of benzene rings is 1. The van der Waals surface area contributed by atoms with Crippen LogP contribution < -0.4 is 10.6 Å². The molecule has 94 valence electrons. The molecule has 0 unspecified atom stereocenters. The molecule has 1 saturated heterocycles. The summed E-state index contributed by atoms with van der Waals surface area (Å²) in [6.45, 7) is 7.23. The number of anilines is 1. The Morgan fingerprint density at radius 3 is 2.82 bits per heavy atom. The minimum absolute atomic E-state index is 0.0999. The minimum Gasteiger partial charge on any atom is -0.372 e. The second kappa shape index (κ2) is 4.84. The predicted octanol–water partition coefficient (Wildman–Crippen LogP) is 2.41. The van der Waals surface area contributed by atoms with E-state index >= 15 is 0 Å². The third-order valence-corrected chi connectivity index (χ3v) is 3.40. The first kappa shape index (κ1) is 12.7. The Balaban J connectivity index is 2.19. The van der Waals surface area contributed by atoms with Gasteiger partial charge in [-0.15, -0.1) is 0 Å². The van der Waals surface area contributed by atoms with Gasteiger partial charge in [0, 0.05) is 30.3 Å². The first-order valence-electron chi connectivity index (χ1n) is 5.89. The molecule has 17 heavy (non-hydrogen) atoms. The van der Waals surface area contributed by atoms with Gasteiger partial charge in [0.05, 0.1) is 12.2 Å². The summed E-state index contributed by atoms with van der Waals surface area (Å²) in [6.07, 6.45) is 0. The number of hydrogen-bond donors (Lipinski definition) is 1. The summed E-state index contributed by atoms with van der Waals surface area (Å²) in [4.78, 5) is 2.30. The smallest absolute Gasteiger partial charge is 0.0801 e. The molecule has 2 rings (SSSR count). The van der Waals surface area contributed by atoms with Crippen molar-refractivity contribution in [2.75, 3.05) is 24.6 Å². The molecule has 2 N–H and O–H groups in total. The quantitative estimate of drug-likeness (QED) is 0.881. The number of hydrogen-bond acceptors (Lipinski definition) is 3. The van der Waals surface area contributed by atoms with Gasteiger partial charge in [0.25, 0.3) is 0 Å². The third kappa shape index (κ3) is 2.92. The molecule has 0 saturated carbocycles. The highest BCUT2D eigenvalue weighted by Crippen LogP contribution is 2.27. The van der Waals surface area contributed by atoms with Crippen molar-refractivity contribution in [2.45, 2.75) is 26.0 Å². The molecular formula is C13H19ClN2O. The lowest BCUT2D eigenvalue weighted by Crippen LogP contribution is -2.48. The number of ether oxygens (including phenoxy) is 1. The van der Waals surface area contributed by atoms with Gasteiger partial charge in [-0.25, -0.2) is 0 Å². The van der Waals surface area contributed by atoms with Crippen molar-refractivity contribution < 1.29 is 4.74 Å². The molecule has 1 aliphatic rings. The molecular weight excluding hydrogens is 236 g/mol. The number of nitrogens with zero attached hydrogens (tertiary/aromatic N) is 1. The third-order valence-electron chi connectivity index (χ3n) is 3.05. The topological polar surface area (TPSA) is 38.5 Å². The molecule has 0 amide bonds. The van der Waals surface area contributed by atoms with Gasteiger partial charge in [0.1, 0.15) is 0 Å². The maximum atomic E-state index is 6.18. The molecule has 1 fully saturated rings. The van der Waals surface area contributed by atoms with Crippen molar-refractivity contribution in [3.8, 4) is 0 Å². The molecule has 3 nitrogen and oxygen atoms in total. The molecule has 1 aliphatic heterocycles. The van der Waals surface area contributed by atoms with Crippen LogP contribution in [0.4, 0.5) is 5.69 Å². The van der Waals surface area contributed by atoms with Crippen LogP contribution in [0.5, 0.6) is 0 Å². The Hall–Kier alpha value is -0.770. The minimum atomic E-state index is -0.0999. The number of morpholine rings is 1. The van der Waals surface area contributed by atoms with Crippen LogP contribution in [0.2, 0.25) is 5.02 Å². The maximum Gasteiger partial charge on any atom is 0.0801 e. The van der Waals surface area contributed by atoms with E-state index in [9.17, 15) is 0 Å². The van der Waals surface area contributed by atoms with E-state index in [4.69, 9.17) is 22.1 Å². The van der Waals surface area contributed by atoms with E-state index in [2.05, 4.69) is 24.8 Å². The van der Waals surface area contributed by atoms with Gasteiger partial charge >= 0.3 is 0 Å². The van der Waals surface area contributed by atoms with Crippen molar-refractivity contribution >= 4 is 17.3 Å². The van der Waals surface area contributed by atoms with E-state index in [1.165, 1.54) is 0 Å². The van der Waals surface area contributed by atoms with Gasteiger partial charge in [-0.1, -0.05) is 17.7 Å². The monoisotopic (exact) mass is 254 g/mol. The fourth-order valence-corrected chi connectivity index (χ4v) is 2.39. The molecule has 1 heterocycles. The molecule has 0 aromatic heterocycles. The van der Waals surface area contributed by atoms with Crippen LogP contribution in [0, 0.1) is 0 Å². The van der Waals surface area contributed by atoms with Gasteiger partial charge in [-0.05, 0) is 31.5 Å². The van der Waals surface area contributed by atoms with Crippen molar-refractivity contribution in [1.82, 2.24) is 0 Å². The highest BCUT2D eigenvalue weighted by Gasteiger charge is 2.27. The zero-order valence-corrected chi connectivity index (χ0v) is 11.1. The van der Waals surface area contributed by atoms with E-state index in [-0.39, 0.29) is 5.60 Å².